The number of nitrogens with one attached hydrogen (secondary N) is 2. The largest absolute Gasteiger partial charge is 0.352 e. The second kappa shape index (κ2) is 7.43. The maximum atomic E-state index is 11.1. The zero-order valence-electron chi connectivity index (χ0n) is 8.02. The minimum absolute atomic E-state index is 0.0819. The highest BCUT2D eigenvalue weighted by Gasteiger charge is 2.04. The van der Waals surface area contributed by atoms with Crippen LogP contribution < -0.4 is 10.6 Å². The van der Waals surface area contributed by atoms with Gasteiger partial charge in [0.2, 0.25) is 5.91 Å². The highest BCUT2D eigenvalue weighted by Crippen LogP contribution is 1.95. The second-order valence-corrected chi connectivity index (χ2v) is 3.61. The quantitative estimate of drug-likeness (QED) is 0.639. The van der Waals surface area contributed by atoms with Crippen molar-refractivity contribution in [1.82, 2.24) is 10.6 Å². The second-order valence-electron chi connectivity index (χ2n) is 2.70. The molecule has 0 heterocycles. The molecule has 0 rings (SSSR count). The van der Waals surface area contributed by atoms with Crippen molar-refractivity contribution in [3.8, 4) is 0 Å². The molecule has 0 aromatic rings. The molecule has 3 nitrogen and oxygen atoms in total. The average Bonchev–Trinajstić information content (AvgIpc) is 2.01. The standard InChI is InChI=1S/C8H18N2OS/c1-4-9-5-8(11)10-7(2)6-12-3/h7,9H,4-6H2,1-3H3,(H,10,11). The lowest BCUT2D eigenvalue weighted by atomic mass is 10.4. The molecule has 0 saturated heterocycles. The van der Waals surface area contributed by atoms with E-state index in [1.165, 1.54) is 0 Å². The Morgan fingerprint density at radius 3 is 2.75 bits per heavy atom. The summed E-state index contributed by atoms with van der Waals surface area (Å²) in [7, 11) is 0. The third-order valence-electron chi connectivity index (χ3n) is 1.36. The van der Waals surface area contributed by atoms with E-state index in [0.29, 0.717) is 6.54 Å². The molecule has 1 unspecified atom stereocenters. The van der Waals surface area contributed by atoms with E-state index in [1.54, 1.807) is 11.8 Å². The van der Waals surface area contributed by atoms with Gasteiger partial charge >= 0.3 is 0 Å². The van der Waals surface area contributed by atoms with E-state index in [2.05, 4.69) is 10.6 Å². The van der Waals surface area contributed by atoms with E-state index >= 15 is 0 Å². The number of carbonyl (C=O) groups is 1. The lowest BCUT2D eigenvalue weighted by Gasteiger charge is -2.12. The van der Waals surface area contributed by atoms with Crippen LogP contribution >= 0.6 is 11.8 Å². The van der Waals surface area contributed by atoms with Crippen molar-refractivity contribution in [3.05, 3.63) is 0 Å². The van der Waals surface area contributed by atoms with Crippen LogP contribution in [0.2, 0.25) is 0 Å². The van der Waals surface area contributed by atoms with Gasteiger partial charge in [-0.15, -0.1) is 0 Å². The average molecular weight is 190 g/mol. The third kappa shape index (κ3) is 6.49. The van der Waals surface area contributed by atoms with Gasteiger partial charge in [0.05, 0.1) is 6.54 Å². The van der Waals surface area contributed by atoms with Gasteiger partial charge in [-0.3, -0.25) is 4.79 Å². The van der Waals surface area contributed by atoms with Crippen molar-refractivity contribution >= 4 is 17.7 Å². The first-order valence-electron chi connectivity index (χ1n) is 4.19. The molecular weight excluding hydrogens is 172 g/mol. The zero-order chi connectivity index (χ0) is 9.40. The molecule has 12 heavy (non-hydrogen) atoms. The van der Waals surface area contributed by atoms with Gasteiger partial charge in [0.15, 0.2) is 0 Å². The maximum absolute atomic E-state index is 11.1. The first-order valence-corrected chi connectivity index (χ1v) is 5.59. The molecule has 0 aliphatic carbocycles. The molecule has 0 saturated carbocycles. The van der Waals surface area contributed by atoms with Crippen molar-refractivity contribution in [2.24, 2.45) is 0 Å². The number of likely N-dealkylation sites (N-methyl/N-ethyl adjacent to an activating group) is 1. The molecular formula is C8H18N2OS. The summed E-state index contributed by atoms with van der Waals surface area (Å²) in [5, 5.41) is 5.87. The predicted octanol–water partition coefficient (Wildman–Crippen LogP) is 0.464. The number of rotatable bonds is 6. The number of amides is 1. The first-order chi connectivity index (χ1) is 5.70. The molecule has 2 N–H and O–H groups in total. The summed E-state index contributed by atoms with van der Waals surface area (Å²) in [6.45, 7) is 5.26. The van der Waals surface area contributed by atoms with Crippen molar-refractivity contribution in [1.29, 1.82) is 0 Å². The van der Waals surface area contributed by atoms with Crippen LogP contribution in [0.1, 0.15) is 13.8 Å². The smallest absolute Gasteiger partial charge is 0.234 e. The third-order valence-corrected chi connectivity index (χ3v) is 2.19. The summed E-state index contributed by atoms with van der Waals surface area (Å²) >= 11 is 1.74. The molecule has 1 amide bonds. The van der Waals surface area contributed by atoms with Gasteiger partial charge in [0, 0.05) is 11.8 Å². The minimum atomic E-state index is 0.0819. The van der Waals surface area contributed by atoms with Gasteiger partial charge in [0.25, 0.3) is 0 Å². The fraction of sp³-hybridized carbons (Fsp3) is 0.875. The van der Waals surface area contributed by atoms with Gasteiger partial charge in [-0.05, 0) is 19.7 Å². The molecule has 0 aliphatic rings. The summed E-state index contributed by atoms with van der Waals surface area (Å²) in [5.74, 6) is 1.05. The van der Waals surface area contributed by atoms with Crippen LogP contribution in [-0.4, -0.2) is 37.0 Å². The summed E-state index contributed by atoms with van der Waals surface area (Å²) in [6.07, 6.45) is 2.03. The highest BCUT2D eigenvalue weighted by atomic mass is 32.2. The Kier molecular flexibility index (Phi) is 7.29. The molecule has 0 bridgehead atoms. The zero-order valence-corrected chi connectivity index (χ0v) is 8.83. The van der Waals surface area contributed by atoms with Gasteiger partial charge in [-0.2, -0.15) is 11.8 Å². The normalized spacial score (nSPS) is 12.6. The molecule has 0 spiro atoms. The van der Waals surface area contributed by atoms with Gasteiger partial charge in [-0.25, -0.2) is 0 Å². The van der Waals surface area contributed by atoms with Crippen molar-refractivity contribution < 1.29 is 4.79 Å². The van der Waals surface area contributed by atoms with E-state index in [-0.39, 0.29) is 11.9 Å². The molecule has 0 aromatic carbocycles. The van der Waals surface area contributed by atoms with E-state index in [0.717, 1.165) is 12.3 Å². The van der Waals surface area contributed by atoms with E-state index in [1.807, 2.05) is 20.1 Å². The molecule has 0 fully saturated rings. The number of carbonyl (C=O) groups excluding carboxylic acids is 1. The Morgan fingerprint density at radius 2 is 2.25 bits per heavy atom. The summed E-state index contributed by atoms with van der Waals surface area (Å²) in [5.41, 5.74) is 0. The molecule has 0 aliphatic heterocycles. The molecule has 0 aromatic heterocycles. The highest BCUT2D eigenvalue weighted by molar-refractivity contribution is 7.98. The molecule has 0 radical (unpaired) electrons. The number of hydrogen-bond donors (Lipinski definition) is 2. The Labute approximate surface area is 78.7 Å². The molecule has 72 valence electrons. The van der Waals surface area contributed by atoms with E-state index in [4.69, 9.17) is 0 Å². The van der Waals surface area contributed by atoms with Crippen LogP contribution in [-0.2, 0) is 4.79 Å². The van der Waals surface area contributed by atoms with Gasteiger partial charge in [-0.1, -0.05) is 6.92 Å². The minimum Gasteiger partial charge on any atom is -0.352 e. The van der Waals surface area contributed by atoms with Gasteiger partial charge in [0.1, 0.15) is 0 Å². The lowest BCUT2D eigenvalue weighted by Crippen LogP contribution is -2.40. The monoisotopic (exact) mass is 190 g/mol. The van der Waals surface area contributed by atoms with E-state index in [9.17, 15) is 4.79 Å². The van der Waals surface area contributed by atoms with Crippen molar-refractivity contribution in [2.75, 3.05) is 25.1 Å². The Morgan fingerprint density at radius 1 is 1.58 bits per heavy atom. The topological polar surface area (TPSA) is 41.1 Å². The molecule has 1 atom stereocenters. The van der Waals surface area contributed by atoms with Crippen LogP contribution in [0.15, 0.2) is 0 Å². The van der Waals surface area contributed by atoms with Crippen LogP contribution in [0.5, 0.6) is 0 Å². The lowest BCUT2D eigenvalue weighted by molar-refractivity contribution is -0.120. The fourth-order valence-electron chi connectivity index (χ4n) is 0.856. The maximum Gasteiger partial charge on any atom is 0.234 e. The predicted molar refractivity (Wildman–Crippen MR) is 54.5 cm³/mol. The van der Waals surface area contributed by atoms with Crippen LogP contribution in [0.3, 0.4) is 0 Å². The Hall–Kier alpha value is -0.220. The van der Waals surface area contributed by atoms with Crippen LogP contribution in [0.4, 0.5) is 0 Å². The van der Waals surface area contributed by atoms with Crippen molar-refractivity contribution in [2.45, 2.75) is 19.9 Å². The first kappa shape index (κ1) is 11.8. The van der Waals surface area contributed by atoms with Crippen LogP contribution in [0, 0.1) is 0 Å². The summed E-state index contributed by atoms with van der Waals surface area (Å²) < 4.78 is 0. The van der Waals surface area contributed by atoms with Gasteiger partial charge < -0.3 is 10.6 Å². The summed E-state index contributed by atoms with van der Waals surface area (Å²) in [6, 6.07) is 0.270. The van der Waals surface area contributed by atoms with Crippen molar-refractivity contribution in [3.63, 3.8) is 0 Å². The van der Waals surface area contributed by atoms with Crippen LogP contribution in [0.25, 0.3) is 0 Å². The number of hydrogen-bond acceptors (Lipinski definition) is 3. The Balaban J connectivity index is 3.40. The fourth-order valence-corrected chi connectivity index (χ4v) is 1.44. The number of thioether (sulfide) groups is 1. The SMILES string of the molecule is CCNCC(=O)NC(C)CSC. The molecule has 4 heteroatoms. The Bertz CT molecular complexity index is 130. The summed E-state index contributed by atoms with van der Waals surface area (Å²) in [4.78, 5) is 11.1. The van der Waals surface area contributed by atoms with E-state index < -0.39 is 0 Å².